The highest BCUT2D eigenvalue weighted by Crippen LogP contribution is 2.41. The second-order valence-electron chi connectivity index (χ2n) is 7.11. The fraction of sp³-hybridized carbons (Fsp3) is 0.938. The number of aliphatic hydroxyl groups is 1. The smallest absolute Gasteiger partial charge is 0.407 e. The maximum Gasteiger partial charge on any atom is 0.407 e. The zero-order chi connectivity index (χ0) is 15.9. The Hall–Kier alpha value is -0.810. The van der Waals surface area contributed by atoms with Crippen LogP contribution in [0.5, 0.6) is 0 Å². The molecular weight excluding hydrogens is 270 g/mol. The van der Waals surface area contributed by atoms with E-state index in [4.69, 9.17) is 9.47 Å². The molecule has 0 heterocycles. The van der Waals surface area contributed by atoms with Crippen molar-refractivity contribution in [3.63, 3.8) is 0 Å². The number of hydrogen-bond acceptors (Lipinski definition) is 4. The molecule has 0 bridgehead atoms. The van der Waals surface area contributed by atoms with Crippen molar-refractivity contribution >= 4 is 6.09 Å². The van der Waals surface area contributed by atoms with Crippen LogP contribution in [0.15, 0.2) is 0 Å². The predicted octanol–water partition coefficient (Wildman–Crippen LogP) is 2.72. The van der Waals surface area contributed by atoms with Gasteiger partial charge in [-0.2, -0.15) is 0 Å². The van der Waals surface area contributed by atoms with E-state index in [0.717, 1.165) is 12.8 Å². The number of ether oxygens (including phenoxy) is 2. The zero-order valence-corrected chi connectivity index (χ0v) is 13.9. The van der Waals surface area contributed by atoms with Gasteiger partial charge in [0.25, 0.3) is 0 Å². The van der Waals surface area contributed by atoms with Crippen LogP contribution in [0.3, 0.4) is 0 Å². The van der Waals surface area contributed by atoms with Gasteiger partial charge in [0.2, 0.25) is 0 Å². The first kappa shape index (κ1) is 18.2. The molecule has 0 aliphatic heterocycles. The van der Waals surface area contributed by atoms with Crippen LogP contribution in [0.1, 0.15) is 53.4 Å². The summed E-state index contributed by atoms with van der Waals surface area (Å²) < 4.78 is 10.7. The molecule has 1 fully saturated rings. The van der Waals surface area contributed by atoms with Crippen LogP contribution in [0.4, 0.5) is 4.79 Å². The fourth-order valence-corrected chi connectivity index (χ4v) is 2.40. The summed E-state index contributed by atoms with van der Waals surface area (Å²) >= 11 is 0. The number of aliphatic hydroxyl groups excluding tert-OH is 1. The maximum atomic E-state index is 11.8. The number of alkyl carbamates (subject to hydrolysis) is 1. The van der Waals surface area contributed by atoms with Crippen molar-refractivity contribution in [2.24, 2.45) is 11.3 Å². The predicted molar refractivity (Wildman–Crippen MR) is 82.2 cm³/mol. The quantitative estimate of drug-likeness (QED) is 0.643. The Morgan fingerprint density at radius 2 is 2.00 bits per heavy atom. The monoisotopic (exact) mass is 301 g/mol. The van der Waals surface area contributed by atoms with E-state index in [1.807, 2.05) is 27.7 Å². The van der Waals surface area contributed by atoms with E-state index in [1.54, 1.807) is 0 Å². The van der Waals surface area contributed by atoms with Crippen LogP contribution in [0.2, 0.25) is 0 Å². The topological polar surface area (TPSA) is 67.8 Å². The summed E-state index contributed by atoms with van der Waals surface area (Å²) in [5, 5.41) is 12.7. The molecule has 1 amide bonds. The molecule has 1 aliphatic carbocycles. The van der Waals surface area contributed by atoms with E-state index in [0.29, 0.717) is 25.7 Å². The fourth-order valence-electron chi connectivity index (χ4n) is 2.40. The molecule has 5 nitrogen and oxygen atoms in total. The third kappa shape index (κ3) is 7.67. The van der Waals surface area contributed by atoms with Crippen molar-refractivity contribution in [3.05, 3.63) is 0 Å². The van der Waals surface area contributed by atoms with Gasteiger partial charge in [-0.3, -0.25) is 0 Å². The molecule has 21 heavy (non-hydrogen) atoms. The van der Waals surface area contributed by atoms with Crippen molar-refractivity contribution in [2.45, 2.75) is 59.0 Å². The van der Waals surface area contributed by atoms with Crippen molar-refractivity contribution < 1.29 is 19.4 Å². The lowest BCUT2D eigenvalue weighted by Gasteiger charge is -2.32. The molecule has 1 saturated carbocycles. The van der Waals surface area contributed by atoms with Gasteiger partial charge < -0.3 is 19.9 Å². The molecule has 2 N–H and O–H groups in total. The summed E-state index contributed by atoms with van der Waals surface area (Å²) in [5.41, 5.74) is -0.805. The summed E-state index contributed by atoms with van der Waals surface area (Å²) in [4.78, 5) is 11.8. The van der Waals surface area contributed by atoms with Crippen molar-refractivity contribution in [1.82, 2.24) is 5.32 Å². The van der Waals surface area contributed by atoms with Crippen molar-refractivity contribution in [1.29, 1.82) is 0 Å². The van der Waals surface area contributed by atoms with Gasteiger partial charge in [-0.05, 0) is 46.5 Å². The molecule has 0 aromatic rings. The van der Waals surface area contributed by atoms with Crippen LogP contribution < -0.4 is 5.32 Å². The Morgan fingerprint density at radius 1 is 1.33 bits per heavy atom. The first-order chi connectivity index (χ1) is 9.80. The van der Waals surface area contributed by atoms with E-state index < -0.39 is 11.7 Å². The van der Waals surface area contributed by atoms with E-state index in [2.05, 4.69) is 5.32 Å². The third-order valence-electron chi connectivity index (χ3n) is 3.74. The lowest BCUT2D eigenvalue weighted by Crippen LogP contribution is -2.43. The van der Waals surface area contributed by atoms with Crippen molar-refractivity contribution in [3.8, 4) is 0 Å². The van der Waals surface area contributed by atoms with E-state index in [9.17, 15) is 9.90 Å². The van der Waals surface area contributed by atoms with Crippen LogP contribution in [0, 0.1) is 11.3 Å². The highest BCUT2D eigenvalue weighted by molar-refractivity contribution is 5.67. The Labute approximate surface area is 128 Å². The average Bonchev–Trinajstić information content (AvgIpc) is 3.18. The first-order valence-corrected chi connectivity index (χ1v) is 7.96. The lowest BCUT2D eigenvalue weighted by molar-refractivity contribution is 0.0334. The van der Waals surface area contributed by atoms with E-state index in [1.165, 1.54) is 12.8 Å². The van der Waals surface area contributed by atoms with Gasteiger partial charge in [-0.15, -0.1) is 0 Å². The molecule has 1 unspecified atom stereocenters. The van der Waals surface area contributed by atoms with Gasteiger partial charge in [0.1, 0.15) is 5.60 Å². The second-order valence-corrected chi connectivity index (χ2v) is 7.11. The number of carbonyl (C=O) groups excluding carboxylic acids is 1. The van der Waals surface area contributed by atoms with Gasteiger partial charge in [0, 0.05) is 25.2 Å². The third-order valence-corrected chi connectivity index (χ3v) is 3.74. The molecule has 0 saturated heterocycles. The van der Waals surface area contributed by atoms with E-state index >= 15 is 0 Å². The van der Waals surface area contributed by atoms with Gasteiger partial charge in [-0.1, -0.05) is 12.8 Å². The maximum absolute atomic E-state index is 11.8. The second kappa shape index (κ2) is 7.99. The number of carbonyl (C=O) groups is 1. The summed E-state index contributed by atoms with van der Waals surface area (Å²) in [6.45, 7) is 9.25. The van der Waals surface area contributed by atoms with Crippen LogP contribution in [-0.2, 0) is 9.47 Å². The minimum absolute atomic E-state index is 0.0619. The van der Waals surface area contributed by atoms with E-state index in [-0.39, 0.29) is 12.0 Å². The highest BCUT2D eigenvalue weighted by atomic mass is 16.6. The van der Waals surface area contributed by atoms with Crippen LogP contribution in [0.25, 0.3) is 0 Å². The van der Waals surface area contributed by atoms with Crippen molar-refractivity contribution in [2.75, 3.05) is 26.4 Å². The molecule has 5 heteroatoms. The largest absolute Gasteiger partial charge is 0.444 e. The summed E-state index contributed by atoms with van der Waals surface area (Å²) in [5.74, 6) is 0.680. The molecule has 0 aromatic carbocycles. The molecule has 0 spiro atoms. The molecule has 0 radical (unpaired) electrons. The SMILES string of the molecule is CCOCCC(CO)(CNC(=O)OC(C)(C)C)CC1CC1. The summed E-state index contributed by atoms with van der Waals surface area (Å²) in [7, 11) is 0. The zero-order valence-electron chi connectivity index (χ0n) is 13.9. The minimum Gasteiger partial charge on any atom is -0.444 e. The van der Waals surface area contributed by atoms with Gasteiger partial charge in [0.05, 0.1) is 6.61 Å². The molecule has 1 atom stereocenters. The standard InChI is InChI=1S/C16H31NO4/c1-5-20-9-8-16(12-18,10-13-6-7-13)11-17-14(19)21-15(2,3)4/h13,18H,5-12H2,1-4H3,(H,17,19). The molecule has 1 aliphatic rings. The Morgan fingerprint density at radius 3 is 2.48 bits per heavy atom. The highest BCUT2D eigenvalue weighted by Gasteiger charge is 2.37. The molecule has 1 rings (SSSR count). The Balaban J connectivity index is 2.51. The summed E-state index contributed by atoms with van der Waals surface area (Å²) in [6.07, 6.45) is 3.72. The Kier molecular flexibility index (Phi) is 6.94. The van der Waals surface area contributed by atoms with Crippen LogP contribution in [-0.4, -0.2) is 43.2 Å². The number of hydrogen-bond donors (Lipinski definition) is 2. The first-order valence-electron chi connectivity index (χ1n) is 7.96. The molecule has 0 aromatic heterocycles. The van der Waals surface area contributed by atoms with Gasteiger partial charge in [-0.25, -0.2) is 4.79 Å². The van der Waals surface area contributed by atoms with Crippen LogP contribution >= 0.6 is 0 Å². The number of nitrogens with one attached hydrogen (secondary N) is 1. The molecule has 124 valence electrons. The average molecular weight is 301 g/mol. The van der Waals surface area contributed by atoms with Gasteiger partial charge >= 0.3 is 6.09 Å². The lowest BCUT2D eigenvalue weighted by atomic mass is 9.80. The number of rotatable bonds is 9. The molecular formula is C16H31NO4. The Bertz CT molecular complexity index is 323. The normalized spacial score (nSPS) is 18.1. The number of amides is 1. The summed E-state index contributed by atoms with van der Waals surface area (Å²) in [6, 6.07) is 0. The van der Waals surface area contributed by atoms with Gasteiger partial charge in [0.15, 0.2) is 0 Å². The minimum atomic E-state index is -0.506.